The van der Waals surface area contributed by atoms with E-state index in [9.17, 15) is 35.9 Å². The van der Waals surface area contributed by atoms with Crippen molar-refractivity contribution in [1.82, 2.24) is 10.2 Å². The standard InChI is InChI=1S/C17H14F6N4O2S/c1-2-13(28)25-12-3-4-15(27-26-12)30-8-14(29)24-11-6-9(16(18,19)20)5-10(7-11)17(21,22)23/h3-7H,2,8H2,1H3,(H,24,29)(H,25,26,28). The van der Waals surface area contributed by atoms with Crippen LogP contribution in [-0.4, -0.2) is 27.8 Å². The molecule has 6 nitrogen and oxygen atoms in total. The van der Waals surface area contributed by atoms with E-state index < -0.39 is 35.1 Å². The molecule has 162 valence electrons. The Hall–Kier alpha value is -2.83. The van der Waals surface area contributed by atoms with Gasteiger partial charge < -0.3 is 10.6 Å². The second-order valence-corrected chi connectivity index (χ2v) is 6.79. The van der Waals surface area contributed by atoms with Crippen LogP contribution in [0.2, 0.25) is 0 Å². The van der Waals surface area contributed by atoms with E-state index in [1.807, 2.05) is 5.32 Å². The van der Waals surface area contributed by atoms with Gasteiger partial charge in [-0.3, -0.25) is 9.59 Å². The van der Waals surface area contributed by atoms with E-state index in [4.69, 9.17) is 0 Å². The lowest BCUT2D eigenvalue weighted by molar-refractivity contribution is -0.143. The van der Waals surface area contributed by atoms with Crippen LogP contribution in [0.3, 0.4) is 0 Å². The molecule has 0 fully saturated rings. The van der Waals surface area contributed by atoms with Gasteiger partial charge in [-0.2, -0.15) is 26.3 Å². The first-order valence-corrected chi connectivity index (χ1v) is 9.22. The third kappa shape index (κ3) is 6.90. The molecule has 2 rings (SSSR count). The average Bonchev–Trinajstić information content (AvgIpc) is 2.65. The third-order valence-corrected chi connectivity index (χ3v) is 4.37. The number of anilines is 2. The molecule has 0 atom stereocenters. The zero-order valence-electron chi connectivity index (χ0n) is 15.2. The van der Waals surface area contributed by atoms with E-state index in [0.29, 0.717) is 12.1 Å². The number of aromatic nitrogens is 2. The number of amides is 2. The molecule has 13 heteroatoms. The van der Waals surface area contributed by atoms with Crippen molar-refractivity contribution < 1.29 is 35.9 Å². The first kappa shape index (κ1) is 23.4. The number of benzene rings is 1. The van der Waals surface area contributed by atoms with Gasteiger partial charge in [0.1, 0.15) is 5.03 Å². The van der Waals surface area contributed by atoms with E-state index in [1.165, 1.54) is 12.1 Å². The van der Waals surface area contributed by atoms with Crippen molar-refractivity contribution in [3.8, 4) is 0 Å². The number of hydrogen-bond acceptors (Lipinski definition) is 5. The zero-order chi connectivity index (χ0) is 22.5. The summed E-state index contributed by atoms with van der Waals surface area (Å²) in [5, 5.41) is 12.2. The van der Waals surface area contributed by atoms with E-state index in [-0.39, 0.29) is 35.0 Å². The molecule has 0 saturated carbocycles. The number of halogens is 6. The van der Waals surface area contributed by atoms with Crippen molar-refractivity contribution in [2.75, 3.05) is 16.4 Å². The molecule has 0 bridgehead atoms. The molecule has 1 aromatic heterocycles. The van der Waals surface area contributed by atoms with Gasteiger partial charge in [-0.15, -0.1) is 10.2 Å². The van der Waals surface area contributed by atoms with E-state index >= 15 is 0 Å². The molecular formula is C17H14F6N4O2S. The first-order chi connectivity index (χ1) is 13.9. The molecule has 2 aromatic rings. The fraction of sp³-hybridized carbons (Fsp3) is 0.294. The maximum atomic E-state index is 12.9. The maximum Gasteiger partial charge on any atom is 0.416 e. The minimum Gasteiger partial charge on any atom is -0.325 e. The zero-order valence-corrected chi connectivity index (χ0v) is 16.0. The van der Waals surface area contributed by atoms with Crippen molar-refractivity contribution in [3.63, 3.8) is 0 Å². The number of carbonyl (C=O) groups excluding carboxylic acids is 2. The summed E-state index contributed by atoms with van der Waals surface area (Å²) in [5.74, 6) is -1.26. The van der Waals surface area contributed by atoms with Gasteiger partial charge in [-0.25, -0.2) is 0 Å². The Bertz CT molecular complexity index is 884. The van der Waals surface area contributed by atoms with Crippen LogP contribution in [0.25, 0.3) is 0 Å². The molecule has 2 N–H and O–H groups in total. The SMILES string of the molecule is CCC(=O)Nc1ccc(SCC(=O)Nc2cc(C(F)(F)F)cc(C(F)(F)F)c2)nn1. The average molecular weight is 452 g/mol. The molecule has 0 aliphatic heterocycles. The van der Waals surface area contributed by atoms with Crippen LogP contribution in [0.4, 0.5) is 37.8 Å². The maximum absolute atomic E-state index is 12.9. The summed E-state index contributed by atoms with van der Waals surface area (Å²) < 4.78 is 77.1. The molecule has 0 aliphatic rings. The van der Waals surface area contributed by atoms with Crippen LogP contribution in [0, 0.1) is 0 Å². The van der Waals surface area contributed by atoms with Gasteiger partial charge in [0.15, 0.2) is 5.82 Å². The van der Waals surface area contributed by atoms with Gasteiger partial charge in [0, 0.05) is 12.1 Å². The highest BCUT2D eigenvalue weighted by Crippen LogP contribution is 2.37. The number of thioether (sulfide) groups is 1. The molecule has 0 unspecified atom stereocenters. The smallest absolute Gasteiger partial charge is 0.325 e. The minimum absolute atomic E-state index is 0.0289. The molecule has 0 saturated heterocycles. The third-order valence-electron chi connectivity index (χ3n) is 3.45. The molecule has 1 aromatic carbocycles. The lowest BCUT2D eigenvalue weighted by Gasteiger charge is -2.14. The van der Waals surface area contributed by atoms with Gasteiger partial charge in [0.05, 0.1) is 16.9 Å². The normalized spacial score (nSPS) is 11.8. The van der Waals surface area contributed by atoms with Crippen LogP contribution >= 0.6 is 11.8 Å². The van der Waals surface area contributed by atoms with Crippen molar-refractivity contribution in [1.29, 1.82) is 0 Å². The summed E-state index contributed by atoms with van der Waals surface area (Å²) in [6.07, 6.45) is -9.79. The second kappa shape index (κ2) is 9.32. The number of carbonyl (C=O) groups is 2. The predicted octanol–water partition coefficient (Wildman–Crippen LogP) is 4.59. The molecule has 0 aliphatic carbocycles. The van der Waals surface area contributed by atoms with Gasteiger partial charge in [-0.05, 0) is 30.3 Å². The van der Waals surface area contributed by atoms with Crippen molar-refractivity contribution in [3.05, 3.63) is 41.5 Å². The second-order valence-electron chi connectivity index (χ2n) is 5.79. The lowest BCUT2D eigenvalue weighted by Crippen LogP contribution is -2.17. The summed E-state index contributed by atoms with van der Waals surface area (Å²) in [4.78, 5) is 23.2. The topological polar surface area (TPSA) is 84.0 Å². The van der Waals surface area contributed by atoms with E-state index in [0.717, 1.165) is 11.8 Å². The van der Waals surface area contributed by atoms with Crippen LogP contribution in [0.15, 0.2) is 35.4 Å². The molecule has 0 spiro atoms. The van der Waals surface area contributed by atoms with E-state index in [1.54, 1.807) is 6.92 Å². The summed E-state index contributed by atoms with van der Waals surface area (Å²) >= 11 is 0.858. The molecular weight excluding hydrogens is 438 g/mol. The Morgan fingerprint density at radius 3 is 1.97 bits per heavy atom. The van der Waals surface area contributed by atoms with Gasteiger partial charge in [-0.1, -0.05) is 18.7 Å². The first-order valence-electron chi connectivity index (χ1n) is 8.24. The van der Waals surface area contributed by atoms with Gasteiger partial charge in [0.2, 0.25) is 11.8 Å². The quantitative estimate of drug-likeness (QED) is 0.495. The number of hydrogen-bond donors (Lipinski definition) is 2. The highest BCUT2D eigenvalue weighted by atomic mass is 32.2. The van der Waals surface area contributed by atoms with Crippen molar-refractivity contribution in [2.45, 2.75) is 30.7 Å². The Labute approximate surface area is 170 Å². The molecule has 2 amide bonds. The highest BCUT2D eigenvalue weighted by molar-refractivity contribution is 7.99. The van der Waals surface area contributed by atoms with Crippen LogP contribution in [0.5, 0.6) is 0 Å². The Kier molecular flexibility index (Phi) is 7.29. The Balaban J connectivity index is 2.04. The van der Waals surface area contributed by atoms with Crippen LogP contribution in [-0.2, 0) is 21.9 Å². The summed E-state index contributed by atoms with van der Waals surface area (Å²) in [7, 11) is 0. The number of rotatable bonds is 6. The fourth-order valence-electron chi connectivity index (χ4n) is 2.06. The van der Waals surface area contributed by atoms with Crippen LogP contribution < -0.4 is 10.6 Å². The molecule has 30 heavy (non-hydrogen) atoms. The van der Waals surface area contributed by atoms with Gasteiger partial charge in [0.25, 0.3) is 0 Å². The Morgan fingerprint density at radius 1 is 0.900 bits per heavy atom. The summed E-state index contributed by atoms with van der Waals surface area (Å²) in [6.45, 7) is 1.65. The van der Waals surface area contributed by atoms with Crippen LogP contribution in [0.1, 0.15) is 24.5 Å². The minimum atomic E-state index is -5.01. The monoisotopic (exact) mass is 452 g/mol. The summed E-state index contributed by atoms with van der Waals surface area (Å²) in [5.41, 5.74) is -3.70. The van der Waals surface area contributed by atoms with Crippen molar-refractivity contribution in [2.24, 2.45) is 0 Å². The lowest BCUT2D eigenvalue weighted by atomic mass is 10.1. The van der Waals surface area contributed by atoms with E-state index in [2.05, 4.69) is 15.5 Å². The molecule has 0 radical (unpaired) electrons. The van der Waals surface area contributed by atoms with Gasteiger partial charge >= 0.3 is 12.4 Å². The largest absolute Gasteiger partial charge is 0.416 e. The number of alkyl halides is 6. The van der Waals surface area contributed by atoms with Crippen molar-refractivity contribution >= 4 is 35.1 Å². The fourth-order valence-corrected chi connectivity index (χ4v) is 2.67. The summed E-state index contributed by atoms with van der Waals surface area (Å²) in [6, 6.07) is 3.69. The molecule has 1 heterocycles. The predicted molar refractivity (Wildman–Crippen MR) is 96.8 cm³/mol. The number of nitrogens with zero attached hydrogens (tertiary/aromatic N) is 2. The number of nitrogens with one attached hydrogen (secondary N) is 2. The Morgan fingerprint density at radius 2 is 1.50 bits per heavy atom. The highest BCUT2D eigenvalue weighted by Gasteiger charge is 2.37.